The van der Waals surface area contributed by atoms with Gasteiger partial charge >= 0.3 is 0 Å². The highest BCUT2D eigenvalue weighted by molar-refractivity contribution is 9.10. The first-order valence-corrected chi connectivity index (χ1v) is 9.16. The first-order valence-electron chi connectivity index (χ1n) is 8.37. The molecule has 128 valence electrons. The van der Waals surface area contributed by atoms with Gasteiger partial charge in [0, 0.05) is 36.3 Å². The number of fused-ring (bicyclic) bond motifs is 1. The van der Waals surface area contributed by atoms with Crippen molar-refractivity contribution >= 4 is 38.6 Å². The number of aryl methyl sites for hydroxylation is 1. The Kier molecular flexibility index (Phi) is 4.21. The Hall–Kier alpha value is -2.34. The zero-order valence-corrected chi connectivity index (χ0v) is 15.6. The fraction of sp³-hybridized carbons (Fsp3) is 0.263. The second kappa shape index (κ2) is 6.52. The number of aromatic nitrogens is 2. The number of hydrogen-bond donors (Lipinski definition) is 1. The number of aromatic amines is 1. The van der Waals surface area contributed by atoms with Gasteiger partial charge in [-0.05, 0) is 53.2 Å². The molecule has 2 aromatic carbocycles. The van der Waals surface area contributed by atoms with Gasteiger partial charge in [-0.15, -0.1) is 0 Å². The molecule has 5 nitrogen and oxygen atoms in total. The van der Waals surface area contributed by atoms with Gasteiger partial charge in [0.05, 0.1) is 16.6 Å². The van der Waals surface area contributed by atoms with Crippen LogP contribution in [-0.2, 0) is 0 Å². The number of rotatable bonds is 2. The molecule has 1 amide bonds. The van der Waals surface area contributed by atoms with Gasteiger partial charge in [-0.1, -0.05) is 12.1 Å². The number of nitrogens with one attached hydrogen (secondary N) is 1. The molecule has 1 fully saturated rings. The molecule has 0 saturated carbocycles. The summed E-state index contributed by atoms with van der Waals surface area (Å²) in [6.07, 6.45) is 0. The van der Waals surface area contributed by atoms with Crippen LogP contribution in [0.4, 0.5) is 5.69 Å². The van der Waals surface area contributed by atoms with E-state index >= 15 is 0 Å². The van der Waals surface area contributed by atoms with E-state index in [1.54, 1.807) is 0 Å². The minimum atomic E-state index is 0.0896. The van der Waals surface area contributed by atoms with Gasteiger partial charge in [-0.2, -0.15) is 0 Å². The Bertz CT molecular complexity index is 928. The first kappa shape index (κ1) is 16.1. The summed E-state index contributed by atoms with van der Waals surface area (Å²) in [5, 5.41) is 0. The molecule has 1 N–H and O–H groups in total. The Morgan fingerprint density at radius 3 is 2.64 bits per heavy atom. The van der Waals surface area contributed by atoms with Crippen molar-refractivity contribution in [3.05, 3.63) is 58.3 Å². The number of anilines is 1. The average molecular weight is 399 g/mol. The molecule has 1 aliphatic rings. The largest absolute Gasteiger partial charge is 0.368 e. The Morgan fingerprint density at radius 2 is 1.88 bits per heavy atom. The van der Waals surface area contributed by atoms with E-state index in [1.165, 1.54) is 5.69 Å². The fourth-order valence-corrected chi connectivity index (χ4v) is 3.75. The van der Waals surface area contributed by atoms with Gasteiger partial charge in [-0.25, -0.2) is 4.98 Å². The van der Waals surface area contributed by atoms with Crippen LogP contribution in [0.15, 0.2) is 46.9 Å². The van der Waals surface area contributed by atoms with E-state index in [0.29, 0.717) is 0 Å². The molecule has 3 aromatic rings. The minimum absolute atomic E-state index is 0.0896. The average Bonchev–Trinajstić information content (AvgIpc) is 3.01. The van der Waals surface area contributed by atoms with E-state index in [9.17, 15) is 4.79 Å². The van der Waals surface area contributed by atoms with Gasteiger partial charge in [0.15, 0.2) is 0 Å². The lowest BCUT2D eigenvalue weighted by atomic mass is 10.1. The highest BCUT2D eigenvalue weighted by Crippen LogP contribution is 2.23. The maximum Gasteiger partial charge on any atom is 0.255 e. The Labute approximate surface area is 154 Å². The normalized spacial score (nSPS) is 15.0. The number of piperazine rings is 1. The van der Waals surface area contributed by atoms with Crippen LogP contribution in [0.3, 0.4) is 0 Å². The molecule has 0 unspecified atom stereocenters. The molecule has 0 atom stereocenters. The molecule has 2 heterocycles. The highest BCUT2D eigenvalue weighted by Gasteiger charge is 2.23. The molecule has 1 saturated heterocycles. The van der Waals surface area contributed by atoms with Crippen LogP contribution in [0.25, 0.3) is 11.0 Å². The number of carbonyl (C=O) groups excluding carboxylic acids is 1. The summed E-state index contributed by atoms with van der Waals surface area (Å²) in [5.41, 5.74) is 3.94. The second-order valence-electron chi connectivity index (χ2n) is 6.28. The molecule has 0 spiro atoms. The van der Waals surface area contributed by atoms with Crippen LogP contribution in [0.2, 0.25) is 0 Å². The van der Waals surface area contributed by atoms with Crippen molar-refractivity contribution in [2.75, 3.05) is 31.1 Å². The third-order valence-corrected chi connectivity index (χ3v) is 5.31. The SMILES string of the molecule is Cc1nc2ccc(N3CCN(C(=O)c4ccccc4Br)CC3)cc2[nH]1. The third-order valence-electron chi connectivity index (χ3n) is 4.62. The number of imidazole rings is 1. The summed E-state index contributed by atoms with van der Waals surface area (Å²) in [6, 6.07) is 13.9. The number of carbonyl (C=O) groups is 1. The van der Waals surface area contributed by atoms with Gasteiger partial charge in [-0.3, -0.25) is 4.79 Å². The molecule has 0 bridgehead atoms. The van der Waals surface area contributed by atoms with Gasteiger partial charge in [0.25, 0.3) is 5.91 Å². The summed E-state index contributed by atoms with van der Waals surface area (Å²) in [6.45, 7) is 5.07. The number of benzene rings is 2. The predicted octanol–water partition coefficient (Wildman–Crippen LogP) is 3.60. The summed E-state index contributed by atoms with van der Waals surface area (Å²) in [7, 11) is 0. The van der Waals surface area contributed by atoms with Crippen LogP contribution >= 0.6 is 15.9 Å². The van der Waals surface area contributed by atoms with Gasteiger partial charge < -0.3 is 14.8 Å². The summed E-state index contributed by atoms with van der Waals surface area (Å²) in [5.74, 6) is 1.02. The number of H-pyrrole nitrogens is 1. The van der Waals surface area contributed by atoms with Crippen molar-refractivity contribution in [1.29, 1.82) is 0 Å². The van der Waals surface area contributed by atoms with Crippen LogP contribution in [0, 0.1) is 6.92 Å². The predicted molar refractivity (Wildman–Crippen MR) is 103 cm³/mol. The smallest absolute Gasteiger partial charge is 0.255 e. The quantitative estimate of drug-likeness (QED) is 0.717. The van der Waals surface area contributed by atoms with E-state index in [2.05, 4.69) is 42.9 Å². The summed E-state index contributed by atoms with van der Waals surface area (Å²) >= 11 is 3.47. The molecule has 0 radical (unpaired) electrons. The molecule has 4 rings (SSSR count). The van der Waals surface area contributed by atoms with Crippen LogP contribution in [-0.4, -0.2) is 47.0 Å². The molecule has 25 heavy (non-hydrogen) atoms. The van der Waals surface area contributed by atoms with Crippen molar-refractivity contribution in [2.45, 2.75) is 6.92 Å². The van der Waals surface area contributed by atoms with Gasteiger partial charge in [0.2, 0.25) is 0 Å². The van der Waals surface area contributed by atoms with Gasteiger partial charge in [0.1, 0.15) is 5.82 Å². The molecular weight excluding hydrogens is 380 g/mol. The lowest BCUT2D eigenvalue weighted by Gasteiger charge is -2.36. The summed E-state index contributed by atoms with van der Waals surface area (Å²) < 4.78 is 0.850. The van der Waals surface area contributed by atoms with E-state index in [0.717, 1.165) is 53.1 Å². The Morgan fingerprint density at radius 1 is 1.12 bits per heavy atom. The third kappa shape index (κ3) is 3.14. The molecule has 0 aliphatic carbocycles. The number of amides is 1. The maximum atomic E-state index is 12.7. The monoisotopic (exact) mass is 398 g/mol. The lowest BCUT2D eigenvalue weighted by molar-refractivity contribution is 0.0746. The van der Waals surface area contributed by atoms with Crippen LogP contribution in [0.5, 0.6) is 0 Å². The maximum absolute atomic E-state index is 12.7. The zero-order valence-electron chi connectivity index (χ0n) is 14.0. The second-order valence-corrected chi connectivity index (χ2v) is 7.14. The van der Waals surface area contributed by atoms with Crippen molar-refractivity contribution in [1.82, 2.24) is 14.9 Å². The lowest BCUT2D eigenvalue weighted by Crippen LogP contribution is -2.48. The topological polar surface area (TPSA) is 52.2 Å². The van der Waals surface area contributed by atoms with E-state index in [1.807, 2.05) is 42.2 Å². The van der Waals surface area contributed by atoms with Crippen LogP contribution in [0.1, 0.15) is 16.2 Å². The molecule has 6 heteroatoms. The van der Waals surface area contributed by atoms with E-state index in [-0.39, 0.29) is 5.91 Å². The van der Waals surface area contributed by atoms with Crippen molar-refractivity contribution in [3.8, 4) is 0 Å². The number of hydrogen-bond acceptors (Lipinski definition) is 3. The van der Waals surface area contributed by atoms with Crippen molar-refractivity contribution in [2.24, 2.45) is 0 Å². The molecule has 1 aliphatic heterocycles. The van der Waals surface area contributed by atoms with E-state index in [4.69, 9.17) is 0 Å². The first-order chi connectivity index (χ1) is 12.1. The fourth-order valence-electron chi connectivity index (χ4n) is 3.29. The van der Waals surface area contributed by atoms with Crippen molar-refractivity contribution < 1.29 is 4.79 Å². The van der Waals surface area contributed by atoms with Crippen LogP contribution < -0.4 is 4.90 Å². The minimum Gasteiger partial charge on any atom is -0.368 e. The molecule has 1 aromatic heterocycles. The summed E-state index contributed by atoms with van der Waals surface area (Å²) in [4.78, 5) is 24.7. The standard InChI is InChI=1S/C19H19BrN4O/c1-13-21-17-7-6-14(12-18(17)22-13)23-8-10-24(11-9-23)19(25)15-4-2-3-5-16(15)20/h2-7,12H,8-11H2,1H3,(H,21,22). The Balaban J connectivity index is 1.47. The van der Waals surface area contributed by atoms with Crippen molar-refractivity contribution in [3.63, 3.8) is 0 Å². The molecular formula is C19H19BrN4O. The highest BCUT2D eigenvalue weighted by atomic mass is 79.9. The number of halogens is 1. The zero-order chi connectivity index (χ0) is 17.4. The number of nitrogens with zero attached hydrogens (tertiary/aromatic N) is 3. The van der Waals surface area contributed by atoms with E-state index < -0.39 is 0 Å².